The van der Waals surface area contributed by atoms with Crippen molar-refractivity contribution in [3.8, 4) is 0 Å². The highest BCUT2D eigenvalue weighted by atomic mass is 35.5. The van der Waals surface area contributed by atoms with E-state index in [-0.39, 0.29) is 18.4 Å². The van der Waals surface area contributed by atoms with Gasteiger partial charge in [0.15, 0.2) is 0 Å². The van der Waals surface area contributed by atoms with Crippen LogP contribution in [0.2, 0.25) is 5.02 Å². The molecule has 142 valence electrons. The van der Waals surface area contributed by atoms with Crippen LogP contribution in [0.1, 0.15) is 21.5 Å². The Hall–Kier alpha value is -2.37. The van der Waals surface area contributed by atoms with Crippen molar-refractivity contribution in [2.24, 2.45) is 0 Å². The molecular weight excluding hydrogens is 362 g/mol. The maximum Gasteiger partial charge on any atom is 0.254 e. The Kier molecular flexibility index (Phi) is 6.48. The minimum absolute atomic E-state index is 0.0282. The van der Waals surface area contributed by atoms with Crippen LogP contribution in [0.4, 0.5) is 0 Å². The number of amides is 2. The molecule has 1 aliphatic heterocycles. The fourth-order valence-electron chi connectivity index (χ4n) is 3.21. The largest absolute Gasteiger partial charge is 0.339 e. The van der Waals surface area contributed by atoms with E-state index in [2.05, 4.69) is 5.32 Å². The van der Waals surface area contributed by atoms with E-state index in [1.54, 1.807) is 29.2 Å². The average molecular weight is 386 g/mol. The first kappa shape index (κ1) is 19.4. The van der Waals surface area contributed by atoms with Crippen molar-refractivity contribution in [1.82, 2.24) is 15.1 Å². The zero-order valence-corrected chi connectivity index (χ0v) is 16.2. The van der Waals surface area contributed by atoms with Gasteiger partial charge in [0.1, 0.15) is 6.54 Å². The second-order valence-electron chi connectivity index (χ2n) is 6.79. The zero-order valence-electron chi connectivity index (χ0n) is 15.5. The average Bonchev–Trinajstić information content (AvgIpc) is 2.67. The molecule has 0 unspecified atom stereocenters. The Balaban J connectivity index is 1.81. The van der Waals surface area contributed by atoms with Crippen molar-refractivity contribution in [2.75, 3.05) is 32.7 Å². The van der Waals surface area contributed by atoms with Gasteiger partial charge in [-0.05, 0) is 30.7 Å². The monoisotopic (exact) mass is 385 g/mol. The molecule has 6 heteroatoms. The van der Waals surface area contributed by atoms with Gasteiger partial charge in [-0.3, -0.25) is 9.59 Å². The number of nitrogens with one attached hydrogen (secondary N) is 1. The summed E-state index contributed by atoms with van der Waals surface area (Å²) < 4.78 is 0. The number of carbonyl (C=O) groups excluding carboxylic acids is 2. The summed E-state index contributed by atoms with van der Waals surface area (Å²) in [5.41, 5.74) is 2.61. The highest BCUT2D eigenvalue weighted by Crippen LogP contribution is 2.16. The highest BCUT2D eigenvalue weighted by Gasteiger charge is 2.23. The number of carbonyl (C=O) groups is 2. The molecule has 2 aromatic carbocycles. The first-order valence-corrected chi connectivity index (χ1v) is 9.49. The van der Waals surface area contributed by atoms with E-state index in [1.165, 1.54) is 0 Å². The van der Waals surface area contributed by atoms with Crippen molar-refractivity contribution in [2.45, 2.75) is 13.5 Å². The molecule has 0 radical (unpaired) electrons. The van der Waals surface area contributed by atoms with Gasteiger partial charge in [-0.25, -0.2) is 0 Å². The molecule has 27 heavy (non-hydrogen) atoms. The van der Waals surface area contributed by atoms with Crippen LogP contribution in [0.15, 0.2) is 48.5 Å². The number of benzene rings is 2. The van der Waals surface area contributed by atoms with E-state index in [4.69, 9.17) is 11.6 Å². The van der Waals surface area contributed by atoms with Gasteiger partial charge in [-0.15, -0.1) is 0 Å². The summed E-state index contributed by atoms with van der Waals surface area (Å²) >= 11 is 6.05. The van der Waals surface area contributed by atoms with Gasteiger partial charge in [0, 0.05) is 43.3 Å². The summed E-state index contributed by atoms with van der Waals surface area (Å²) in [5.74, 6) is -0.220. The molecule has 0 saturated carbocycles. The Morgan fingerprint density at radius 3 is 2.56 bits per heavy atom. The normalized spacial score (nSPS) is 14.1. The minimum atomic E-state index is -0.192. The lowest BCUT2D eigenvalue weighted by molar-refractivity contribution is -0.132. The molecule has 1 N–H and O–H groups in total. The molecule has 2 aromatic rings. The molecule has 1 saturated heterocycles. The smallest absolute Gasteiger partial charge is 0.254 e. The lowest BCUT2D eigenvalue weighted by atomic mass is 10.1. The van der Waals surface area contributed by atoms with E-state index in [1.807, 2.05) is 36.1 Å². The topological polar surface area (TPSA) is 52.7 Å². The lowest BCUT2D eigenvalue weighted by Crippen LogP contribution is -2.50. The van der Waals surface area contributed by atoms with Gasteiger partial charge in [0.25, 0.3) is 5.91 Å². The number of hydrogen-bond acceptors (Lipinski definition) is 3. The van der Waals surface area contributed by atoms with Gasteiger partial charge in [-0.1, -0.05) is 47.5 Å². The minimum Gasteiger partial charge on any atom is -0.339 e. The maximum atomic E-state index is 13.1. The summed E-state index contributed by atoms with van der Waals surface area (Å²) in [7, 11) is 0. The summed E-state index contributed by atoms with van der Waals surface area (Å²) in [6.07, 6.45) is 0. The summed E-state index contributed by atoms with van der Waals surface area (Å²) in [6.45, 7) is 5.35. The van der Waals surface area contributed by atoms with Crippen LogP contribution in [0, 0.1) is 6.92 Å². The van der Waals surface area contributed by atoms with Gasteiger partial charge in [0.05, 0.1) is 0 Å². The van der Waals surface area contributed by atoms with Crippen LogP contribution in [-0.2, 0) is 11.3 Å². The third kappa shape index (κ3) is 5.31. The summed E-state index contributed by atoms with van der Waals surface area (Å²) in [5, 5.41) is 3.74. The Morgan fingerprint density at radius 2 is 1.85 bits per heavy atom. The Labute approximate surface area is 164 Å². The molecule has 1 heterocycles. The van der Waals surface area contributed by atoms with Crippen LogP contribution < -0.4 is 5.32 Å². The SMILES string of the molecule is Cc1cccc(CN(CC(=O)N2CCNCC2)C(=O)c2cccc(Cl)c2)c1. The quantitative estimate of drug-likeness (QED) is 0.861. The fourth-order valence-corrected chi connectivity index (χ4v) is 3.40. The molecule has 2 amide bonds. The molecule has 3 rings (SSSR count). The predicted octanol–water partition coefficient (Wildman–Crippen LogP) is 2.72. The van der Waals surface area contributed by atoms with Crippen molar-refractivity contribution in [3.05, 3.63) is 70.2 Å². The third-order valence-corrected chi connectivity index (χ3v) is 4.85. The first-order chi connectivity index (χ1) is 13.0. The van der Waals surface area contributed by atoms with Crippen LogP contribution >= 0.6 is 11.6 Å². The second kappa shape index (κ2) is 9.02. The fraction of sp³-hybridized carbons (Fsp3) is 0.333. The number of hydrogen-bond donors (Lipinski definition) is 1. The van der Waals surface area contributed by atoms with Gasteiger partial charge >= 0.3 is 0 Å². The number of nitrogens with zero attached hydrogens (tertiary/aromatic N) is 2. The van der Waals surface area contributed by atoms with Crippen LogP contribution in [0.3, 0.4) is 0 Å². The molecule has 0 spiro atoms. The summed E-state index contributed by atoms with van der Waals surface area (Å²) in [6, 6.07) is 14.8. The maximum absolute atomic E-state index is 13.1. The predicted molar refractivity (Wildman–Crippen MR) is 107 cm³/mol. The summed E-state index contributed by atoms with van der Waals surface area (Å²) in [4.78, 5) is 29.2. The van der Waals surface area contributed by atoms with E-state index < -0.39 is 0 Å². The zero-order chi connectivity index (χ0) is 19.2. The molecule has 0 aliphatic carbocycles. The Bertz CT molecular complexity index is 819. The number of piperazine rings is 1. The van der Waals surface area contributed by atoms with Crippen molar-refractivity contribution >= 4 is 23.4 Å². The molecule has 1 fully saturated rings. The first-order valence-electron chi connectivity index (χ1n) is 9.12. The second-order valence-corrected chi connectivity index (χ2v) is 7.23. The number of aryl methyl sites for hydroxylation is 1. The van der Waals surface area contributed by atoms with Gasteiger partial charge < -0.3 is 15.1 Å². The lowest BCUT2D eigenvalue weighted by Gasteiger charge is -2.30. The van der Waals surface area contributed by atoms with E-state index in [0.29, 0.717) is 30.2 Å². The van der Waals surface area contributed by atoms with Crippen molar-refractivity contribution < 1.29 is 9.59 Å². The molecule has 0 atom stereocenters. The van der Waals surface area contributed by atoms with Gasteiger partial charge in [-0.2, -0.15) is 0 Å². The van der Waals surface area contributed by atoms with Crippen LogP contribution in [0.5, 0.6) is 0 Å². The third-order valence-electron chi connectivity index (χ3n) is 4.61. The highest BCUT2D eigenvalue weighted by molar-refractivity contribution is 6.31. The Morgan fingerprint density at radius 1 is 1.11 bits per heavy atom. The van der Waals surface area contributed by atoms with E-state index >= 15 is 0 Å². The van der Waals surface area contributed by atoms with Crippen LogP contribution in [0.25, 0.3) is 0 Å². The number of rotatable bonds is 5. The molecular formula is C21H24ClN3O2. The van der Waals surface area contributed by atoms with E-state index in [9.17, 15) is 9.59 Å². The van der Waals surface area contributed by atoms with Gasteiger partial charge in [0.2, 0.25) is 5.91 Å². The van der Waals surface area contributed by atoms with Crippen LogP contribution in [-0.4, -0.2) is 54.3 Å². The molecule has 1 aliphatic rings. The number of halogens is 1. The molecule has 0 bridgehead atoms. The molecule has 5 nitrogen and oxygen atoms in total. The standard InChI is InChI=1S/C21H24ClN3O2/c1-16-4-2-5-17(12-16)14-25(15-20(26)24-10-8-23-9-11-24)21(27)18-6-3-7-19(22)13-18/h2-7,12-13,23H,8-11,14-15H2,1H3. The van der Waals surface area contributed by atoms with Crippen molar-refractivity contribution in [1.29, 1.82) is 0 Å². The van der Waals surface area contributed by atoms with E-state index in [0.717, 1.165) is 24.2 Å². The molecule has 0 aromatic heterocycles. The van der Waals surface area contributed by atoms with Crippen molar-refractivity contribution in [3.63, 3.8) is 0 Å².